The van der Waals surface area contributed by atoms with Gasteiger partial charge in [-0.15, -0.1) is 0 Å². The van der Waals surface area contributed by atoms with E-state index in [4.69, 9.17) is 16.2 Å². The third-order valence-corrected chi connectivity index (χ3v) is 9.37. The molecule has 2 bridgehead atoms. The molecule has 11 heteroatoms. The lowest BCUT2D eigenvalue weighted by atomic mass is 9.96. The first kappa shape index (κ1) is 21.6. The number of piperidine rings is 2. The Morgan fingerprint density at radius 2 is 1.69 bits per heavy atom. The standard InChI is InChI=1S/C21H29N5O5S/c22-14-5-7-24(8-6-14)32(29,30)26-15-2-3-16(26)11-17(10-15)25-18-4-1-13(21(23)28)9-19(18)31-12-20(25)27/h1,4,9,14-17H,2-3,5-8,10-12,22H2,(H2,23,28). The number of nitrogens with two attached hydrogens (primary N) is 2. The van der Waals surface area contributed by atoms with Crippen molar-refractivity contribution in [3.63, 3.8) is 0 Å². The zero-order valence-electron chi connectivity index (χ0n) is 17.9. The molecule has 3 fully saturated rings. The van der Waals surface area contributed by atoms with Crippen LogP contribution in [0.3, 0.4) is 0 Å². The predicted molar refractivity (Wildman–Crippen MR) is 117 cm³/mol. The van der Waals surface area contributed by atoms with Crippen LogP contribution in [-0.4, -0.2) is 72.7 Å². The molecule has 5 rings (SSSR count). The first-order valence-corrected chi connectivity index (χ1v) is 12.6. The number of nitrogens with zero attached hydrogens (tertiary/aromatic N) is 3. The summed E-state index contributed by atoms with van der Waals surface area (Å²) < 4.78 is 35.7. The second-order valence-electron chi connectivity index (χ2n) is 9.18. The van der Waals surface area contributed by atoms with E-state index in [9.17, 15) is 18.0 Å². The van der Waals surface area contributed by atoms with Crippen molar-refractivity contribution in [3.05, 3.63) is 23.8 Å². The molecule has 4 aliphatic rings. The number of carbonyl (C=O) groups is 2. The molecule has 4 N–H and O–H groups in total. The summed E-state index contributed by atoms with van der Waals surface area (Å²) in [6, 6.07) is 4.51. The molecule has 2 atom stereocenters. The molecule has 0 radical (unpaired) electrons. The highest BCUT2D eigenvalue weighted by atomic mass is 32.2. The van der Waals surface area contributed by atoms with Crippen LogP contribution in [-0.2, 0) is 15.0 Å². The molecular formula is C21H29N5O5S. The lowest BCUT2D eigenvalue weighted by Gasteiger charge is -2.45. The first-order valence-electron chi connectivity index (χ1n) is 11.2. The van der Waals surface area contributed by atoms with E-state index in [1.54, 1.807) is 31.7 Å². The van der Waals surface area contributed by atoms with Crippen molar-refractivity contribution in [3.8, 4) is 5.75 Å². The van der Waals surface area contributed by atoms with E-state index < -0.39 is 16.1 Å². The Morgan fingerprint density at radius 1 is 1.03 bits per heavy atom. The molecular weight excluding hydrogens is 434 g/mol. The summed E-state index contributed by atoms with van der Waals surface area (Å²) in [7, 11) is -3.56. The van der Waals surface area contributed by atoms with Gasteiger partial charge >= 0.3 is 0 Å². The average Bonchev–Trinajstić information content (AvgIpc) is 3.05. The Labute approximate surface area is 187 Å². The average molecular weight is 464 g/mol. The van der Waals surface area contributed by atoms with Gasteiger partial charge in [-0.3, -0.25) is 9.59 Å². The molecule has 0 spiro atoms. The molecule has 2 unspecified atom stereocenters. The number of hydrogen-bond donors (Lipinski definition) is 2. The minimum atomic E-state index is -3.56. The zero-order chi connectivity index (χ0) is 22.6. The fraction of sp³-hybridized carbons (Fsp3) is 0.619. The SMILES string of the molecule is NC(=O)c1ccc2c(c1)OCC(=O)N2C1CC2CCC(C1)N2S(=O)(=O)N1CCC(N)CC1. The number of hydrogen-bond acceptors (Lipinski definition) is 6. The minimum Gasteiger partial charge on any atom is -0.482 e. The topological polar surface area (TPSA) is 139 Å². The maximum atomic E-state index is 13.4. The van der Waals surface area contributed by atoms with Crippen molar-refractivity contribution in [2.24, 2.45) is 11.5 Å². The van der Waals surface area contributed by atoms with Crippen molar-refractivity contribution >= 4 is 27.7 Å². The van der Waals surface area contributed by atoms with Gasteiger partial charge in [0.2, 0.25) is 5.91 Å². The van der Waals surface area contributed by atoms with Gasteiger partial charge in [-0.05, 0) is 56.7 Å². The van der Waals surface area contributed by atoms with E-state index in [0.717, 1.165) is 12.8 Å². The van der Waals surface area contributed by atoms with Gasteiger partial charge < -0.3 is 21.1 Å². The predicted octanol–water partition coefficient (Wildman–Crippen LogP) is 0.174. The van der Waals surface area contributed by atoms with Gasteiger partial charge in [0.25, 0.3) is 16.1 Å². The van der Waals surface area contributed by atoms with Crippen LogP contribution in [0.4, 0.5) is 5.69 Å². The number of benzene rings is 1. The number of anilines is 1. The molecule has 2 amide bonds. The van der Waals surface area contributed by atoms with E-state index in [1.807, 2.05) is 0 Å². The Kier molecular flexibility index (Phi) is 5.39. The molecule has 10 nitrogen and oxygen atoms in total. The van der Waals surface area contributed by atoms with Crippen molar-refractivity contribution in [2.75, 3.05) is 24.6 Å². The van der Waals surface area contributed by atoms with Crippen LogP contribution in [0.1, 0.15) is 48.9 Å². The van der Waals surface area contributed by atoms with Crippen LogP contribution < -0.4 is 21.1 Å². The molecule has 4 aliphatic heterocycles. The van der Waals surface area contributed by atoms with E-state index >= 15 is 0 Å². The van der Waals surface area contributed by atoms with Crippen LogP contribution in [0.15, 0.2) is 18.2 Å². The molecule has 4 heterocycles. The summed E-state index contributed by atoms with van der Waals surface area (Å²) in [5.74, 6) is -0.266. The summed E-state index contributed by atoms with van der Waals surface area (Å²) in [6.07, 6.45) is 4.09. The maximum Gasteiger partial charge on any atom is 0.282 e. The van der Waals surface area contributed by atoms with Crippen LogP contribution >= 0.6 is 0 Å². The minimum absolute atomic E-state index is 0.0615. The van der Waals surface area contributed by atoms with Crippen molar-refractivity contribution in [1.29, 1.82) is 0 Å². The van der Waals surface area contributed by atoms with E-state index in [0.29, 0.717) is 55.8 Å². The smallest absolute Gasteiger partial charge is 0.282 e. The number of primary amides is 1. The third-order valence-electron chi connectivity index (χ3n) is 7.22. The molecule has 32 heavy (non-hydrogen) atoms. The van der Waals surface area contributed by atoms with Crippen LogP contribution in [0.5, 0.6) is 5.75 Å². The molecule has 0 aliphatic carbocycles. The van der Waals surface area contributed by atoms with Gasteiger partial charge in [0.1, 0.15) is 5.75 Å². The second kappa shape index (κ2) is 7.98. The van der Waals surface area contributed by atoms with Crippen LogP contribution in [0.25, 0.3) is 0 Å². The van der Waals surface area contributed by atoms with E-state index in [2.05, 4.69) is 0 Å². The van der Waals surface area contributed by atoms with Crippen molar-refractivity contribution in [1.82, 2.24) is 8.61 Å². The molecule has 1 aromatic carbocycles. The molecule has 3 saturated heterocycles. The summed E-state index contributed by atoms with van der Waals surface area (Å²) >= 11 is 0. The Morgan fingerprint density at radius 3 is 2.31 bits per heavy atom. The molecule has 1 aromatic rings. The molecule has 0 aromatic heterocycles. The van der Waals surface area contributed by atoms with E-state index in [1.165, 1.54) is 0 Å². The van der Waals surface area contributed by atoms with Gasteiger partial charge in [-0.2, -0.15) is 17.0 Å². The fourth-order valence-electron chi connectivity index (χ4n) is 5.66. The number of rotatable bonds is 4. The largest absolute Gasteiger partial charge is 0.482 e. The quantitative estimate of drug-likeness (QED) is 0.653. The second-order valence-corrected chi connectivity index (χ2v) is 11.0. The highest BCUT2D eigenvalue weighted by Crippen LogP contribution is 2.44. The van der Waals surface area contributed by atoms with Gasteiger partial charge in [-0.25, -0.2) is 0 Å². The van der Waals surface area contributed by atoms with Crippen molar-refractivity contribution < 1.29 is 22.7 Å². The number of amides is 2. The van der Waals surface area contributed by atoms with Gasteiger partial charge in [0.15, 0.2) is 6.61 Å². The van der Waals surface area contributed by atoms with Gasteiger partial charge in [0.05, 0.1) is 5.69 Å². The Balaban J connectivity index is 1.38. The number of ether oxygens (including phenoxy) is 1. The Bertz CT molecular complexity index is 1030. The van der Waals surface area contributed by atoms with Gasteiger partial charge in [0, 0.05) is 42.8 Å². The number of fused-ring (bicyclic) bond motifs is 3. The highest BCUT2D eigenvalue weighted by molar-refractivity contribution is 7.86. The number of carbonyl (C=O) groups excluding carboxylic acids is 2. The first-order chi connectivity index (χ1) is 15.3. The monoisotopic (exact) mass is 463 g/mol. The molecule has 0 saturated carbocycles. The Hall–Kier alpha value is -2.21. The lowest BCUT2D eigenvalue weighted by Crippen LogP contribution is -2.59. The zero-order valence-corrected chi connectivity index (χ0v) is 18.7. The summed E-state index contributed by atoms with van der Waals surface area (Å²) in [4.78, 5) is 26.1. The van der Waals surface area contributed by atoms with Crippen LogP contribution in [0.2, 0.25) is 0 Å². The molecule has 174 valence electrons. The fourth-order valence-corrected chi connectivity index (χ4v) is 7.73. The summed E-state index contributed by atoms with van der Waals surface area (Å²) in [6.45, 7) is 0.803. The summed E-state index contributed by atoms with van der Waals surface area (Å²) in [5, 5.41) is 0. The third kappa shape index (κ3) is 3.57. The van der Waals surface area contributed by atoms with Crippen molar-refractivity contribution in [2.45, 2.75) is 62.7 Å². The maximum absolute atomic E-state index is 13.4. The summed E-state index contributed by atoms with van der Waals surface area (Å²) in [5.41, 5.74) is 12.3. The highest BCUT2D eigenvalue weighted by Gasteiger charge is 2.51. The van der Waals surface area contributed by atoms with E-state index in [-0.39, 0.29) is 36.7 Å². The lowest BCUT2D eigenvalue weighted by molar-refractivity contribution is -0.122. The normalized spacial score (nSPS) is 29.6. The van der Waals surface area contributed by atoms with Crippen LogP contribution in [0, 0.1) is 0 Å². The van der Waals surface area contributed by atoms with Gasteiger partial charge in [-0.1, -0.05) is 0 Å².